The minimum absolute atomic E-state index is 0.00984. The molecule has 3 aromatic rings. The Bertz CT molecular complexity index is 1380. The minimum Gasteiger partial charge on any atom is -0.324 e. The number of nitrogens with one attached hydrogen (secondary N) is 2. The quantitative estimate of drug-likeness (QED) is 0.510. The second-order valence-electron chi connectivity index (χ2n) is 7.78. The molecule has 1 aliphatic rings. The first kappa shape index (κ1) is 23.4. The summed E-state index contributed by atoms with van der Waals surface area (Å²) >= 11 is 11.5. The molecule has 1 heterocycles. The molecule has 0 saturated heterocycles. The zero-order valence-electron chi connectivity index (χ0n) is 17.5. The average molecular weight is 507 g/mol. The first-order valence-corrected chi connectivity index (χ1v) is 12.3. The standard InChI is InChI=1S/C22H20Cl2N4O4S/c1-13-7-8-15(26-20(29)12-28-22(30)21(24)17(23)11-25-28)9-19(13)33(31,32)27-18-10-16(18)14-5-3-2-4-6-14/h2-9,11,16,18,27H,10,12H2,1H3,(H,26,29)/t16-,18+/m0/s1. The third kappa shape index (κ3) is 5.27. The van der Waals surface area contributed by atoms with Gasteiger partial charge in [-0.15, -0.1) is 0 Å². The Labute approximate surface area is 200 Å². The van der Waals surface area contributed by atoms with E-state index >= 15 is 0 Å². The molecule has 1 aliphatic carbocycles. The first-order valence-electron chi connectivity index (χ1n) is 10.0. The van der Waals surface area contributed by atoms with E-state index in [0.29, 0.717) is 5.56 Å². The van der Waals surface area contributed by atoms with Gasteiger partial charge < -0.3 is 5.32 Å². The zero-order chi connectivity index (χ0) is 23.8. The topological polar surface area (TPSA) is 110 Å². The summed E-state index contributed by atoms with van der Waals surface area (Å²) < 4.78 is 29.7. The van der Waals surface area contributed by atoms with Gasteiger partial charge in [0.15, 0.2) is 0 Å². The van der Waals surface area contributed by atoms with Crippen LogP contribution in [0.5, 0.6) is 0 Å². The number of rotatable bonds is 7. The molecule has 33 heavy (non-hydrogen) atoms. The molecular weight excluding hydrogens is 487 g/mol. The highest BCUT2D eigenvalue weighted by molar-refractivity contribution is 7.89. The van der Waals surface area contributed by atoms with E-state index in [1.54, 1.807) is 19.1 Å². The summed E-state index contributed by atoms with van der Waals surface area (Å²) in [5.41, 5.74) is 1.21. The summed E-state index contributed by atoms with van der Waals surface area (Å²) in [6.07, 6.45) is 1.89. The van der Waals surface area contributed by atoms with Crippen LogP contribution in [-0.2, 0) is 21.4 Å². The van der Waals surface area contributed by atoms with E-state index < -0.39 is 28.0 Å². The van der Waals surface area contributed by atoms with Gasteiger partial charge >= 0.3 is 0 Å². The van der Waals surface area contributed by atoms with Crippen LogP contribution in [-0.4, -0.2) is 30.1 Å². The van der Waals surface area contributed by atoms with Crippen LogP contribution in [0, 0.1) is 6.92 Å². The van der Waals surface area contributed by atoms with E-state index in [0.717, 1.165) is 16.7 Å². The van der Waals surface area contributed by atoms with Gasteiger partial charge in [-0.25, -0.2) is 17.8 Å². The van der Waals surface area contributed by atoms with Gasteiger partial charge in [0.05, 0.1) is 16.1 Å². The number of aryl methyl sites for hydroxylation is 1. The van der Waals surface area contributed by atoms with E-state index in [4.69, 9.17) is 23.2 Å². The van der Waals surface area contributed by atoms with Gasteiger partial charge in [-0.2, -0.15) is 5.10 Å². The number of aromatic nitrogens is 2. The van der Waals surface area contributed by atoms with Gasteiger partial charge in [-0.05, 0) is 36.6 Å². The van der Waals surface area contributed by atoms with Crippen LogP contribution in [0.25, 0.3) is 0 Å². The number of benzene rings is 2. The van der Waals surface area contributed by atoms with Crippen molar-refractivity contribution in [3.63, 3.8) is 0 Å². The summed E-state index contributed by atoms with van der Waals surface area (Å²) in [6, 6.07) is 14.1. The van der Waals surface area contributed by atoms with Crippen LogP contribution >= 0.6 is 23.2 Å². The molecule has 0 bridgehead atoms. The molecule has 1 amide bonds. The van der Waals surface area contributed by atoms with Crippen molar-refractivity contribution >= 4 is 44.8 Å². The number of hydrogen-bond acceptors (Lipinski definition) is 5. The Morgan fingerprint density at radius 2 is 1.91 bits per heavy atom. The van der Waals surface area contributed by atoms with E-state index in [9.17, 15) is 18.0 Å². The van der Waals surface area contributed by atoms with Crippen molar-refractivity contribution in [2.45, 2.75) is 36.7 Å². The normalized spacial score (nSPS) is 17.5. The fourth-order valence-corrected chi connectivity index (χ4v) is 5.35. The molecule has 0 radical (unpaired) electrons. The Kier molecular flexibility index (Phi) is 6.58. The lowest BCUT2D eigenvalue weighted by Gasteiger charge is -2.12. The Balaban J connectivity index is 1.47. The average Bonchev–Trinajstić information content (AvgIpc) is 3.54. The third-order valence-corrected chi connectivity index (χ3v) is 7.70. The second kappa shape index (κ2) is 9.26. The monoisotopic (exact) mass is 506 g/mol. The van der Waals surface area contributed by atoms with Crippen molar-refractivity contribution in [2.24, 2.45) is 0 Å². The van der Waals surface area contributed by atoms with Crippen molar-refractivity contribution < 1.29 is 13.2 Å². The molecule has 2 N–H and O–H groups in total. The predicted octanol–water partition coefficient (Wildman–Crippen LogP) is 3.33. The molecule has 0 aliphatic heterocycles. The molecule has 2 aromatic carbocycles. The number of hydrogen-bond donors (Lipinski definition) is 2. The fraction of sp³-hybridized carbons (Fsp3) is 0.227. The lowest BCUT2D eigenvalue weighted by atomic mass is 10.1. The van der Waals surface area contributed by atoms with Crippen LogP contribution in [0.15, 0.2) is 64.4 Å². The third-order valence-electron chi connectivity index (χ3n) is 5.32. The van der Waals surface area contributed by atoms with Crippen molar-refractivity contribution in [1.82, 2.24) is 14.5 Å². The number of anilines is 1. The summed E-state index contributed by atoms with van der Waals surface area (Å²) in [5, 5.41) is 6.13. The van der Waals surface area contributed by atoms with Gasteiger partial charge in [-0.1, -0.05) is 59.6 Å². The lowest BCUT2D eigenvalue weighted by molar-refractivity contribution is -0.117. The smallest absolute Gasteiger partial charge is 0.287 e. The van der Waals surface area contributed by atoms with Gasteiger partial charge in [-0.3, -0.25) is 9.59 Å². The van der Waals surface area contributed by atoms with E-state index in [1.807, 2.05) is 30.3 Å². The van der Waals surface area contributed by atoms with Crippen molar-refractivity contribution in [3.8, 4) is 0 Å². The van der Waals surface area contributed by atoms with Crippen molar-refractivity contribution in [1.29, 1.82) is 0 Å². The first-order chi connectivity index (χ1) is 15.7. The molecule has 1 fully saturated rings. The molecule has 172 valence electrons. The van der Waals surface area contributed by atoms with Crippen LogP contribution in [0.3, 0.4) is 0 Å². The summed E-state index contributed by atoms with van der Waals surface area (Å²) in [5.74, 6) is -0.435. The highest BCUT2D eigenvalue weighted by atomic mass is 35.5. The number of amides is 1. The van der Waals surface area contributed by atoms with Crippen LogP contribution < -0.4 is 15.6 Å². The second-order valence-corrected chi connectivity index (χ2v) is 10.2. The van der Waals surface area contributed by atoms with Crippen molar-refractivity contribution in [2.75, 3.05) is 5.32 Å². The largest absolute Gasteiger partial charge is 0.324 e. The molecule has 1 aromatic heterocycles. The van der Waals surface area contributed by atoms with E-state index in [1.165, 1.54) is 12.3 Å². The maximum Gasteiger partial charge on any atom is 0.287 e. The lowest BCUT2D eigenvalue weighted by Crippen LogP contribution is -2.30. The molecule has 8 nitrogen and oxygen atoms in total. The highest BCUT2D eigenvalue weighted by Crippen LogP contribution is 2.41. The molecular formula is C22H20Cl2N4O4S. The number of carbonyl (C=O) groups is 1. The van der Waals surface area contributed by atoms with Gasteiger partial charge in [0, 0.05) is 17.6 Å². The molecule has 0 unspecified atom stereocenters. The van der Waals surface area contributed by atoms with Gasteiger partial charge in [0.1, 0.15) is 11.6 Å². The summed E-state index contributed by atoms with van der Waals surface area (Å²) in [6.45, 7) is 1.27. The van der Waals surface area contributed by atoms with Crippen molar-refractivity contribution in [3.05, 3.63) is 86.3 Å². The molecule has 2 atom stereocenters. The Morgan fingerprint density at radius 1 is 1.18 bits per heavy atom. The van der Waals surface area contributed by atoms with Gasteiger partial charge in [0.25, 0.3) is 5.56 Å². The summed E-state index contributed by atoms with van der Waals surface area (Å²) in [4.78, 5) is 24.5. The highest BCUT2D eigenvalue weighted by Gasteiger charge is 2.41. The van der Waals surface area contributed by atoms with Gasteiger partial charge in [0.2, 0.25) is 15.9 Å². The maximum atomic E-state index is 13.0. The molecule has 11 heteroatoms. The molecule has 0 spiro atoms. The fourth-order valence-electron chi connectivity index (χ4n) is 3.52. The van der Waals surface area contributed by atoms with E-state index in [2.05, 4.69) is 15.1 Å². The summed E-state index contributed by atoms with van der Waals surface area (Å²) in [7, 11) is -3.80. The maximum absolute atomic E-state index is 13.0. The SMILES string of the molecule is Cc1ccc(NC(=O)Cn2ncc(Cl)c(Cl)c2=O)cc1S(=O)(=O)N[C@@H]1C[C@H]1c1ccccc1. The number of carbonyl (C=O) groups excluding carboxylic acids is 1. The Morgan fingerprint density at radius 3 is 2.64 bits per heavy atom. The predicted molar refractivity (Wildman–Crippen MR) is 126 cm³/mol. The molecule has 4 rings (SSSR count). The minimum atomic E-state index is -3.80. The van der Waals surface area contributed by atoms with Crippen LogP contribution in [0.4, 0.5) is 5.69 Å². The molecule has 1 saturated carbocycles. The van der Waals surface area contributed by atoms with Crippen LogP contribution in [0.2, 0.25) is 10.0 Å². The number of halogens is 2. The Hall–Kier alpha value is -2.72. The number of sulfonamides is 1. The number of nitrogens with zero attached hydrogens (tertiary/aromatic N) is 2. The van der Waals surface area contributed by atoms with E-state index in [-0.39, 0.29) is 32.6 Å². The zero-order valence-corrected chi connectivity index (χ0v) is 19.8. The van der Waals surface area contributed by atoms with Crippen LogP contribution in [0.1, 0.15) is 23.5 Å².